The van der Waals surface area contributed by atoms with Crippen molar-refractivity contribution in [3.05, 3.63) is 77.7 Å². The summed E-state index contributed by atoms with van der Waals surface area (Å²) in [5, 5.41) is 6.61. The molecule has 0 aliphatic rings. The van der Waals surface area contributed by atoms with Crippen molar-refractivity contribution in [1.29, 1.82) is 0 Å². The van der Waals surface area contributed by atoms with E-state index >= 15 is 0 Å². The van der Waals surface area contributed by atoms with Crippen molar-refractivity contribution in [2.24, 2.45) is 4.99 Å². The summed E-state index contributed by atoms with van der Waals surface area (Å²) < 4.78 is 5.60. The molecule has 1 aromatic heterocycles. The summed E-state index contributed by atoms with van der Waals surface area (Å²) in [6.45, 7) is 3.53. The van der Waals surface area contributed by atoms with Crippen LogP contribution >= 0.6 is 24.0 Å². The van der Waals surface area contributed by atoms with E-state index in [0.717, 1.165) is 36.7 Å². The Morgan fingerprint density at radius 2 is 1.78 bits per heavy atom. The number of aliphatic imine (C=N–C) groups is 1. The fourth-order valence-electron chi connectivity index (χ4n) is 2.56. The molecule has 3 rings (SSSR count). The third kappa shape index (κ3) is 6.39. The summed E-state index contributed by atoms with van der Waals surface area (Å²) in [7, 11) is 1.77. The molecule has 0 radical (unpaired) electrons. The van der Waals surface area contributed by atoms with Gasteiger partial charge >= 0.3 is 0 Å². The van der Waals surface area contributed by atoms with Crippen molar-refractivity contribution in [3.63, 3.8) is 0 Å². The van der Waals surface area contributed by atoms with Crippen LogP contribution in [-0.4, -0.2) is 24.5 Å². The SMILES string of the molecule is CN=C(NCCc1coc(-c2ccc(C)cc2)n1)NCc1ccccc1.I. The number of hydrogen-bond donors (Lipinski definition) is 2. The zero-order valence-electron chi connectivity index (χ0n) is 15.6. The minimum Gasteiger partial charge on any atom is -0.444 e. The van der Waals surface area contributed by atoms with Gasteiger partial charge < -0.3 is 15.1 Å². The van der Waals surface area contributed by atoms with Gasteiger partial charge in [0.05, 0.1) is 5.69 Å². The Hall–Kier alpha value is -2.35. The molecule has 0 aliphatic heterocycles. The molecule has 0 spiro atoms. The summed E-state index contributed by atoms with van der Waals surface area (Å²) in [5.74, 6) is 1.43. The van der Waals surface area contributed by atoms with Gasteiger partial charge in [-0.1, -0.05) is 48.0 Å². The first-order valence-corrected chi connectivity index (χ1v) is 8.74. The lowest BCUT2D eigenvalue weighted by Gasteiger charge is -2.11. The summed E-state index contributed by atoms with van der Waals surface area (Å²) >= 11 is 0. The largest absolute Gasteiger partial charge is 0.444 e. The molecular formula is C21H25IN4O. The second-order valence-electron chi connectivity index (χ2n) is 6.10. The average molecular weight is 476 g/mol. The Morgan fingerprint density at radius 3 is 2.48 bits per heavy atom. The molecule has 0 bridgehead atoms. The van der Waals surface area contributed by atoms with E-state index in [9.17, 15) is 0 Å². The molecule has 2 N–H and O–H groups in total. The maximum Gasteiger partial charge on any atom is 0.226 e. The standard InChI is InChI=1S/C21H24N4O.HI/c1-16-8-10-18(11-9-16)20-25-19(15-26-20)12-13-23-21(22-2)24-14-17-6-4-3-5-7-17;/h3-11,15H,12-14H2,1-2H3,(H2,22,23,24);1H. The maximum atomic E-state index is 5.60. The van der Waals surface area contributed by atoms with Gasteiger partial charge in [0.2, 0.25) is 5.89 Å². The summed E-state index contributed by atoms with van der Waals surface area (Å²) in [6, 6.07) is 18.4. The van der Waals surface area contributed by atoms with Crippen LogP contribution in [0.5, 0.6) is 0 Å². The lowest BCUT2D eigenvalue weighted by molar-refractivity contribution is 0.572. The lowest BCUT2D eigenvalue weighted by atomic mass is 10.1. The molecule has 2 aromatic carbocycles. The molecule has 0 saturated carbocycles. The quantitative estimate of drug-likeness (QED) is 0.319. The monoisotopic (exact) mass is 476 g/mol. The molecule has 5 nitrogen and oxygen atoms in total. The summed E-state index contributed by atoms with van der Waals surface area (Å²) in [6.07, 6.45) is 2.48. The van der Waals surface area contributed by atoms with Crippen LogP contribution in [0.25, 0.3) is 11.5 Å². The average Bonchev–Trinajstić information content (AvgIpc) is 3.15. The smallest absolute Gasteiger partial charge is 0.226 e. The number of rotatable bonds is 6. The zero-order chi connectivity index (χ0) is 18.2. The predicted octanol–water partition coefficient (Wildman–Crippen LogP) is 4.18. The number of oxazole rings is 1. The first-order chi connectivity index (χ1) is 12.7. The Labute approximate surface area is 177 Å². The van der Waals surface area contributed by atoms with Crippen LogP contribution in [0.3, 0.4) is 0 Å². The van der Waals surface area contributed by atoms with E-state index < -0.39 is 0 Å². The topological polar surface area (TPSA) is 62.5 Å². The lowest BCUT2D eigenvalue weighted by Crippen LogP contribution is -2.37. The number of guanidine groups is 1. The minimum absolute atomic E-state index is 0. The highest BCUT2D eigenvalue weighted by atomic mass is 127. The highest BCUT2D eigenvalue weighted by molar-refractivity contribution is 14.0. The second-order valence-corrected chi connectivity index (χ2v) is 6.10. The predicted molar refractivity (Wildman–Crippen MR) is 120 cm³/mol. The molecule has 1 heterocycles. The van der Waals surface area contributed by atoms with Crippen molar-refractivity contribution >= 4 is 29.9 Å². The van der Waals surface area contributed by atoms with Gasteiger partial charge in [0, 0.05) is 32.1 Å². The van der Waals surface area contributed by atoms with Crippen LogP contribution in [0.4, 0.5) is 0 Å². The number of aryl methyl sites for hydroxylation is 1. The van der Waals surface area contributed by atoms with E-state index in [2.05, 4.69) is 51.8 Å². The number of benzene rings is 2. The van der Waals surface area contributed by atoms with Gasteiger partial charge in [-0.3, -0.25) is 4.99 Å². The molecule has 0 fully saturated rings. The Kier molecular flexibility index (Phi) is 8.32. The van der Waals surface area contributed by atoms with Crippen molar-refractivity contribution < 1.29 is 4.42 Å². The van der Waals surface area contributed by atoms with Gasteiger partial charge in [0.15, 0.2) is 5.96 Å². The second kappa shape index (κ2) is 10.7. The fourth-order valence-corrected chi connectivity index (χ4v) is 2.56. The normalized spacial score (nSPS) is 11.0. The van der Waals surface area contributed by atoms with E-state index in [4.69, 9.17) is 4.42 Å². The van der Waals surface area contributed by atoms with Gasteiger partial charge in [-0.15, -0.1) is 24.0 Å². The number of nitrogens with one attached hydrogen (secondary N) is 2. The highest BCUT2D eigenvalue weighted by Gasteiger charge is 2.07. The van der Waals surface area contributed by atoms with Crippen LogP contribution in [0.2, 0.25) is 0 Å². The van der Waals surface area contributed by atoms with E-state index in [1.165, 1.54) is 11.1 Å². The Bertz CT molecular complexity index is 844. The van der Waals surface area contributed by atoms with E-state index in [1.807, 2.05) is 30.3 Å². The molecule has 0 saturated heterocycles. The van der Waals surface area contributed by atoms with Crippen LogP contribution in [-0.2, 0) is 13.0 Å². The first kappa shape index (κ1) is 21.0. The summed E-state index contributed by atoms with van der Waals surface area (Å²) in [5.41, 5.74) is 4.36. The number of nitrogens with zero attached hydrogens (tertiary/aromatic N) is 2. The molecule has 0 atom stereocenters. The molecule has 0 amide bonds. The molecule has 0 aliphatic carbocycles. The van der Waals surface area contributed by atoms with Crippen LogP contribution in [0, 0.1) is 6.92 Å². The van der Waals surface area contributed by atoms with E-state index in [1.54, 1.807) is 13.3 Å². The molecule has 142 valence electrons. The summed E-state index contributed by atoms with van der Waals surface area (Å²) in [4.78, 5) is 8.81. The molecular weight excluding hydrogens is 451 g/mol. The van der Waals surface area contributed by atoms with Gasteiger partial charge in [-0.2, -0.15) is 0 Å². The first-order valence-electron chi connectivity index (χ1n) is 8.74. The minimum atomic E-state index is 0. The third-order valence-corrected chi connectivity index (χ3v) is 4.05. The number of halogens is 1. The molecule has 3 aromatic rings. The highest BCUT2D eigenvalue weighted by Crippen LogP contribution is 2.19. The van der Waals surface area contributed by atoms with Gasteiger partial charge in [-0.05, 0) is 24.6 Å². The van der Waals surface area contributed by atoms with Crippen LogP contribution in [0.15, 0.2) is 70.3 Å². The van der Waals surface area contributed by atoms with E-state index in [0.29, 0.717) is 5.89 Å². The number of aromatic nitrogens is 1. The molecule has 0 unspecified atom stereocenters. The van der Waals surface area contributed by atoms with Gasteiger partial charge in [0.1, 0.15) is 6.26 Å². The van der Waals surface area contributed by atoms with Crippen molar-refractivity contribution in [3.8, 4) is 11.5 Å². The van der Waals surface area contributed by atoms with E-state index in [-0.39, 0.29) is 24.0 Å². The number of hydrogen-bond acceptors (Lipinski definition) is 3. The third-order valence-electron chi connectivity index (χ3n) is 4.05. The van der Waals surface area contributed by atoms with Crippen LogP contribution < -0.4 is 10.6 Å². The zero-order valence-corrected chi connectivity index (χ0v) is 17.9. The molecule has 6 heteroatoms. The van der Waals surface area contributed by atoms with Crippen molar-refractivity contribution in [2.45, 2.75) is 19.9 Å². The van der Waals surface area contributed by atoms with Crippen molar-refractivity contribution in [2.75, 3.05) is 13.6 Å². The molecule has 27 heavy (non-hydrogen) atoms. The van der Waals surface area contributed by atoms with Crippen molar-refractivity contribution in [1.82, 2.24) is 15.6 Å². The maximum absolute atomic E-state index is 5.60. The fraction of sp³-hybridized carbons (Fsp3) is 0.238. The Morgan fingerprint density at radius 1 is 1.04 bits per heavy atom. The Balaban J connectivity index is 0.00000261. The van der Waals surface area contributed by atoms with Gasteiger partial charge in [-0.25, -0.2) is 4.98 Å². The van der Waals surface area contributed by atoms with Crippen LogP contribution in [0.1, 0.15) is 16.8 Å². The van der Waals surface area contributed by atoms with Gasteiger partial charge in [0.25, 0.3) is 0 Å².